The molecule has 2 N–H and O–H groups in total. The summed E-state index contributed by atoms with van der Waals surface area (Å²) in [5, 5.41) is 16.4. The second-order valence-corrected chi connectivity index (χ2v) is 7.65. The maximum absolute atomic E-state index is 13.3. The number of allylic oxidation sites excluding steroid dienone is 1. The molecule has 7 nitrogen and oxygen atoms in total. The molecule has 1 fully saturated rings. The first-order chi connectivity index (χ1) is 14.5. The number of furan rings is 1. The zero-order chi connectivity index (χ0) is 20.7. The minimum absolute atomic E-state index is 0.0553. The van der Waals surface area contributed by atoms with Gasteiger partial charge in [-0.15, -0.1) is 0 Å². The van der Waals surface area contributed by atoms with Crippen LogP contribution in [-0.4, -0.2) is 33.3 Å². The number of nitrogens with one attached hydrogen (secondary N) is 1. The highest BCUT2D eigenvalue weighted by Crippen LogP contribution is 2.41. The molecule has 1 unspecified atom stereocenters. The van der Waals surface area contributed by atoms with Gasteiger partial charge in [0.15, 0.2) is 11.3 Å². The molecule has 5 rings (SSSR count). The van der Waals surface area contributed by atoms with E-state index in [0.717, 1.165) is 29.7 Å². The molecule has 1 aromatic carbocycles. The van der Waals surface area contributed by atoms with Gasteiger partial charge in [-0.1, -0.05) is 24.3 Å². The van der Waals surface area contributed by atoms with Crippen LogP contribution in [0.2, 0.25) is 0 Å². The van der Waals surface area contributed by atoms with Crippen LogP contribution < -0.4 is 0 Å². The molecule has 3 heterocycles. The van der Waals surface area contributed by atoms with Gasteiger partial charge in [-0.25, -0.2) is 4.79 Å². The van der Waals surface area contributed by atoms with Crippen molar-refractivity contribution in [1.29, 1.82) is 0 Å². The first kappa shape index (κ1) is 18.3. The molecule has 1 aliphatic carbocycles. The van der Waals surface area contributed by atoms with Gasteiger partial charge in [-0.2, -0.15) is 5.10 Å². The Bertz CT molecular complexity index is 1170. The van der Waals surface area contributed by atoms with E-state index in [1.807, 2.05) is 30.3 Å². The fourth-order valence-corrected chi connectivity index (χ4v) is 3.70. The molecule has 3 aromatic rings. The highest BCUT2D eigenvalue weighted by Gasteiger charge is 2.41. The summed E-state index contributed by atoms with van der Waals surface area (Å²) in [4.78, 5) is 28.7. The number of aliphatic imine (C=N–C) groups is 1. The van der Waals surface area contributed by atoms with Crippen LogP contribution in [0.5, 0.6) is 0 Å². The number of benzene rings is 1. The molecule has 1 atom stereocenters. The number of aromatic nitrogens is 2. The lowest BCUT2D eigenvalue weighted by Gasteiger charge is -2.20. The molecule has 7 heteroatoms. The third-order valence-electron chi connectivity index (χ3n) is 5.55. The number of carboxylic acids is 1. The van der Waals surface area contributed by atoms with Crippen LogP contribution in [-0.2, 0) is 16.8 Å². The average Bonchev–Trinajstić information content (AvgIpc) is 3.19. The SMILES string of the molecule is O=C(O)c1ccc(-c2ccc(CC(=O)C3(c4cc(C5CC5)[nH]n4)C=CC=N3)cc2)o1. The van der Waals surface area contributed by atoms with Crippen molar-refractivity contribution in [1.82, 2.24) is 10.2 Å². The number of carbonyl (C=O) groups is 2. The van der Waals surface area contributed by atoms with Crippen LogP contribution in [0.3, 0.4) is 0 Å². The first-order valence-electron chi connectivity index (χ1n) is 9.80. The van der Waals surface area contributed by atoms with Gasteiger partial charge in [-0.05, 0) is 48.8 Å². The van der Waals surface area contributed by atoms with Gasteiger partial charge in [-0.3, -0.25) is 14.9 Å². The molecule has 0 amide bonds. The van der Waals surface area contributed by atoms with Crippen LogP contribution >= 0.6 is 0 Å². The molecule has 0 spiro atoms. The van der Waals surface area contributed by atoms with Crippen LogP contribution in [0.1, 0.15) is 46.3 Å². The predicted molar refractivity (Wildman–Crippen MR) is 110 cm³/mol. The molecule has 150 valence electrons. The second-order valence-electron chi connectivity index (χ2n) is 7.65. The highest BCUT2D eigenvalue weighted by molar-refractivity contribution is 5.97. The van der Waals surface area contributed by atoms with E-state index in [4.69, 9.17) is 9.52 Å². The number of hydrogen-bond acceptors (Lipinski definition) is 5. The Balaban J connectivity index is 1.36. The third kappa shape index (κ3) is 3.18. The summed E-state index contributed by atoms with van der Waals surface area (Å²) in [6, 6.07) is 12.3. The monoisotopic (exact) mass is 401 g/mol. The second kappa shape index (κ2) is 6.95. The van der Waals surface area contributed by atoms with Gasteiger partial charge in [0.1, 0.15) is 11.5 Å². The fraction of sp³-hybridized carbons (Fsp3) is 0.217. The summed E-state index contributed by atoms with van der Waals surface area (Å²) < 4.78 is 5.33. The standard InChI is InChI=1S/C23H19N3O4/c27-21(23(10-1-11-24-23)20-13-17(25-26-20)15-6-7-15)12-14-2-4-16(5-3-14)18-8-9-19(30-18)22(28)29/h1-5,8-11,13,15H,6-7,12H2,(H,25,26)(H,28,29). The zero-order valence-corrected chi connectivity index (χ0v) is 16.0. The van der Waals surface area contributed by atoms with Crippen molar-refractivity contribution in [3.8, 4) is 11.3 Å². The minimum atomic E-state index is -1.11. The molecule has 1 saturated carbocycles. The number of nitrogens with zero attached hydrogens (tertiary/aromatic N) is 2. The molecule has 2 aliphatic rings. The van der Waals surface area contributed by atoms with Gasteiger partial charge < -0.3 is 9.52 Å². The van der Waals surface area contributed by atoms with E-state index in [0.29, 0.717) is 17.4 Å². The fourth-order valence-electron chi connectivity index (χ4n) is 3.70. The molecular weight excluding hydrogens is 382 g/mol. The van der Waals surface area contributed by atoms with Gasteiger partial charge in [0, 0.05) is 29.8 Å². The normalized spacial score (nSPS) is 20.0. The van der Waals surface area contributed by atoms with Crippen molar-refractivity contribution in [2.45, 2.75) is 30.7 Å². The molecular formula is C23H19N3O4. The largest absolute Gasteiger partial charge is 0.475 e. The first-order valence-corrected chi connectivity index (χ1v) is 9.80. The summed E-state index contributed by atoms with van der Waals surface area (Å²) in [5.41, 5.74) is 2.19. The summed E-state index contributed by atoms with van der Waals surface area (Å²) in [5.74, 6) is -0.290. The summed E-state index contributed by atoms with van der Waals surface area (Å²) in [7, 11) is 0. The van der Waals surface area contributed by atoms with E-state index in [1.54, 1.807) is 24.4 Å². The Kier molecular flexibility index (Phi) is 4.24. The summed E-state index contributed by atoms with van der Waals surface area (Å²) in [6.07, 6.45) is 7.72. The average molecular weight is 401 g/mol. The molecule has 0 bridgehead atoms. The van der Waals surface area contributed by atoms with Crippen LogP contribution in [0.15, 0.2) is 64.0 Å². The Hall–Kier alpha value is -3.74. The maximum atomic E-state index is 13.3. The minimum Gasteiger partial charge on any atom is -0.475 e. The molecule has 30 heavy (non-hydrogen) atoms. The lowest BCUT2D eigenvalue weighted by Crippen LogP contribution is -2.32. The van der Waals surface area contributed by atoms with Crippen molar-refractivity contribution in [2.24, 2.45) is 4.99 Å². The number of aromatic amines is 1. The number of carbonyl (C=O) groups excluding carboxylic acids is 1. The quantitative estimate of drug-likeness (QED) is 0.624. The van der Waals surface area contributed by atoms with E-state index >= 15 is 0 Å². The summed E-state index contributed by atoms with van der Waals surface area (Å²) >= 11 is 0. The van der Waals surface area contributed by atoms with E-state index < -0.39 is 11.5 Å². The maximum Gasteiger partial charge on any atom is 0.371 e. The van der Waals surface area contributed by atoms with Crippen molar-refractivity contribution >= 4 is 18.0 Å². The Morgan fingerprint density at radius 3 is 2.60 bits per heavy atom. The summed E-state index contributed by atoms with van der Waals surface area (Å²) in [6.45, 7) is 0. The number of carboxylic acid groups (broad SMARTS) is 1. The number of hydrogen-bond donors (Lipinski definition) is 2. The Labute approximate surface area is 172 Å². The van der Waals surface area contributed by atoms with Crippen LogP contribution in [0.4, 0.5) is 0 Å². The van der Waals surface area contributed by atoms with Gasteiger partial charge in [0.25, 0.3) is 0 Å². The Morgan fingerprint density at radius 1 is 1.17 bits per heavy atom. The van der Waals surface area contributed by atoms with E-state index in [2.05, 4.69) is 15.2 Å². The van der Waals surface area contributed by atoms with Crippen molar-refractivity contribution < 1.29 is 19.1 Å². The smallest absolute Gasteiger partial charge is 0.371 e. The Morgan fingerprint density at radius 2 is 1.97 bits per heavy atom. The third-order valence-corrected chi connectivity index (χ3v) is 5.55. The van der Waals surface area contributed by atoms with Gasteiger partial charge in [0.05, 0.1) is 0 Å². The molecule has 2 aromatic heterocycles. The van der Waals surface area contributed by atoms with E-state index in [1.165, 1.54) is 6.07 Å². The van der Waals surface area contributed by atoms with Crippen LogP contribution in [0.25, 0.3) is 11.3 Å². The van der Waals surface area contributed by atoms with Crippen molar-refractivity contribution in [2.75, 3.05) is 0 Å². The lowest BCUT2D eigenvalue weighted by atomic mass is 9.87. The molecule has 0 radical (unpaired) electrons. The number of rotatable bonds is 7. The van der Waals surface area contributed by atoms with Crippen molar-refractivity contribution in [3.05, 3.63) is 77.3 Å². The number of Topliss-reactive ketones (excluding diaryl/α,β-unsaturated/α-hetero) is 1. The number of H-pyrrole nitrogens is 1. The van der Waals surface area contributed by atoms with Gasteiger partial charge >= 0.3 is 5.97 Å². The lowest BCUT2D eigenvalue weighted by molar-refractivity contribution is -0.122. The van der Waals surface area contributed by atoms with Gasteiger partial charge in [0.2, 0.25) is 5.76 Å². The topological polar surface area (TPSA) is 109 Å². The number of aromatic carboxylic acids is 1. The number of ketones is 1. The molecule has 0 saturated heterocycles. The predicted octanol–water partition coefficient (Wildman–Crippen LogP) is 3.89. The zero-order valence-electron chi connectivity index (χ0n) is 16.0. The highest BCUT2D eigenvalue weighted by atomic mass is 16.4. The molecule has 1 aliphatic heterocycles. The van der Waals surface area contributed by atoms with E-state index in [-0.39, 0.29) is 18.0 Å². The van der Waals surface area contributed by atoms with Crippen molar-refractivity contribution in [3.63, 3.8) is 0 Å². The van der Waals surface area contributed by atoms with E-state index in [9.17, 15) is 9.59 Å². The van der Waals surface area contributed by atoms with Crippen LogP contribution in [0, 0.1) is 0 Å².